The maximum absolute atomic E-state index is 13.2. The van der Waals surface area contributed by atoms with Crippen LogP contribution < -0.4 is 5.32 Å². The fourth-order valence-electron chi connectivity index (χ4n) is 1.91. The molecule has 4 nitrogen and oxygen atoms in total. The zero-order valence-electron chi connectivity index (χ0n) is 9.13. The van der Waals surface area contributed by atoms with Gasteiger partial charge < -0.3 is 9.88 Å². The normalized spacial score (nSPS) is 20.7. The highest BCUT2D eigenvalue weighted by Gasteiger charge is 2.48. The van der Waals surface area contributed by atoms with E-state index in [0.29, 0.717) is 18.8 Å². The van der Waals surface area contributed by atoms with Gasteiger partial charge in [-0.3, -0.25) is 0 Å². The number of nitrogens with one attached hydrogen (secondary N) is 1. The lowest BCUT2D eigenvalue weighted by molar-refractivity contribution is -0.143. The van der Waals surface area contributed by atoms with Crippen LogP contribution in [0.15, 0.2) is 0 Å². The lowest BCUT2D eigenvalue weighted by atomic mass is 10.1. The quantitative estimate of drug-likeness (QED) is 0.832. The highest BCUT2D eigenvalue weighted by atomic mass is 19.3. The van der Waals surface area contributed by atoms with Crippen LogP contribution in [0.5, 0.6) is 0 Å². The minimum atomic E-state index is -4.25. The van der Waals surface area contributed by atoms with Crippen molar-refractivity contribution in [2.24, 2.45) is 0 Å². The number of alkyl halides is 4. The molecule has 2 rings (SSSR count). The summed E-state index contributed by atoms with van der Waals surface area (Å²) < 4.78 is 52.1. The molecule has 0 fully saturated rings. The van der Waals surface area contributed by atoms with Crippen LogP contribution in [0.4, 0.5) is 17.6 Å². The molecule has 1 atom stereocenters. The molecular weight excluding hydrogens is 240 g/mol. The largest absolute Gasteiger partial charge is 0.365 e. The number of aromatic nitrogens is 3. The highest BCUT2D eigenvalue weighted by molar-refractivity contribution is 5.09. The van der Waals surface area contributed by atoms with Gasteiger partial charge in [0.15, 0.2) is 0 Å². The van der Waals surface area contributed by atoms with Gasteiger partial charge >= 0.3 is 12.3 Å². The Bertz CT molecular complexity index is 404. The van der Waals surface area contributed by atoms with Crippen LogP contribution in [0.2, 0.25) is 0 Å². The van der Waals surface area contributed by atoms with E-state index < -0.39 is 18.2 Å². The van der Waals surface area contributed by atoms with Gasteiger partial charge in [0.1, 0.15) is 5.82 Å². The van der Waals surface area contributed by atoms with Crippen LogP contribution in [-0.2, 0) is 12.5 Å². The molecule has 1 aromatic rings. The van der Waals surface area contributed by atoms with Crippen molar-refractivity contribution in [1.29, 1.82) is 0 Å². The molecule has 1 aliphatic heterocycles. The third kappa shape index (κ3) is 1.90. The van der Waals surface area contributed by atoms with Crippen LogP contribution in [0.3, 0.4) is 0 Å². The number of fused-ring (bicyclic) bond motifs is 1. The van der Waals surface area contributed by atoms with E-state index in [2.05, 4.69) is 15.5 Å². The fourth-order valence-corrected chi connectivity index (χ4v) is 1.91. The first-order valence-electron chi connectivity index (χ1n) is 5.31. The average Bonchev–Trinajstić information content (AvgIpc) is 2.72. The summed E-state index contributed by atoms with van der Waals surface area (Å²) in [6.07, 6.45) is -3.14. The Balaban J connectivity index is 2.42. The molecule has 0 saturated carbocycles. The Morgan fingerprint density at radius 1 is 1.47 bits per heavy atom. The Labute approximate surface area is 95.0 Å². The summed E-state index contributed by atoms with van der Waals surface area (Å²) in [7, 11) is 0. The minimum Gasteiger partial charge on any atom is -0.307 e. The van der Waals surface area contributed by atoms with Crippen molar-refractivity contribution in [1.82, 2.24) is 20.1 Å². The van der Waals surface area contributed by atoms with Gasteiger partial charge in [0.25, 0.3) is 0 Å². The topological polar surface area (TPSA) is 42.7 Å². The van der Waals surface area contributed by atoms with Crippen molar-refractivity contribution < 1.29 is 17.6 Å². The summed E-state index contributed by atoms with van der Waals surface area (Å²) in [6.45, 7) is 2.47. The van der Waals surface area contributed by atoms with Crippen molar-refractivity contribution in [2.75, 3.05) is 6.54 Å². The summed E-state index contributed by atoms with van der Waals surface area (Å²) in [4.78, 5) is 0. The third-order valence-corrected chi connectivity index (χ3v) is 2.80. The lowest BCUT2D eigenvalue weighted by Gasteiger charge is -2.25. The van der Waals surface area contributed by atoms with Crippen LogP contribution in [0.25, 0.3) is 0 Å². The molecule has 0 aromatic carbocycles. The Morgan fingerprint density at radius 2 is 2.18 bits per heavy atom. The highest BCUT2D eigenvalue weighted by Crippen LogP contribution is 2.35. The smallest absolute Gasteiger partial charge is 0.307 e. The molecule has 1 N–H and O–H groups in total. The summed E-state index contributed by atoms with van der Waals surface area (Å²) in [5.41, 5.74) is 0. The molecule has 0 amide bonds. The van der Waals surface area contributed by atoms with Gasteiger partial charge in [-0.25, -0.2) is 8.78 Å². The SMILES string of the molecule is CCC1NCCn2c1nnc2C(F)(F)C(F)F. The van der Waals surface area contributed by atoms with Crippen molar-refractivity contribution in [3.63, 3.8) is 0 Å². The fraction of sp³-hybridized carbons (Fsp3) is 0.778. The summed E-state index contributed by atoms with van der Waals surface area (Å²) in [5, 5.41) is 9.89. The molecule has 0 aliphatic carbocycles. The van der Waals surface area contributed by atoms with Gasteiger partial charge in [0, 0.05) is 13.1 Å². The third-order valence-electron chi connectivity index (χ3n) is 2.80. The number of hydrogen-bond acceptors (Lipinski definition) is 3. The van der Waals surface area contributed by atoms with Crippen LogP contribution in [0, 0.1) is 0 Å². The Hall–Kier alpha value is -1.18. The first kappa shape index (κ1) is 12.3. The zero-order valence-corrected chi connectivity index (χ0v) is 9.13. The molecule has 0 spiro atoms. The lowest BCUT2D eigenvalue weighted by Crippen LogP contribution is -2.36. The van der Waals surface area contributed by atoms with Gasteiger partial charge in [0.2, 0.25) is 5.82 Å². The second-order valence-corrected chi connectivity index (χ2v) is 3.87. The first-order valence-corrected chi connectivity index (χ1v) is 5.31. The molecule has 1 unspecified atom stereocenters. The molecule has 0 saturated heterocycles. The molecule has 1 aromatic heterocycles. The average molecular weight is 252 g/mol. The number of hydrogen-bond donors (Lipinski definition) is 1. The van der Waals surface area contributed by atoms with E-state index in [1.807, 2.05) is 6.92 Å². The summed E-state index contributed by atoms with van der Waals surface area (Å²) >= 11 is 0. The first-order chi connectivity index (χ1) is 7.98. The van der Waals surface area contributed by atoms with Crippen molar-refractivity contribution in [2.45, 2.75) is 38.3 Å². The van der Waals surface area contributed by atoms with E-state index in [1.54, 1.807) is 0 Å². The molecule has 2 heterocycles. The molecule has 0 radical (unpaired) electrons. The van der Waals surface area contributed by atoms with Crippen LogP contribution in [0.1, 0.15) is 31.0 Å². The van der Waals surface area contributed by atoms with E-state index in [9.17, 15) is 17.6 Å². The molecule has 1 aliphatic rings. The van der Waals surface area contributed by atoms with Gasteiger partial charge in [-0.1, -0.05) is 6.92 Å². The van der Waals surface area contributed by atoms with Gasteiger partial charge in [-0.2, -0.15) is 8.78 Å². The van der Waals surface area contributed by atoms with Crippen molar-refractivity contribution >= 4 is 0 Å². The Kier molecular flexibility index (Phi) is 3.07. The van der Waals surface area contributed by atoms with E-state index in [0.717, 1.165) is 4.57 Å². The van der Waals surface area contributed by atoms with Crippen LogP contribution in [-0.4, -0.2) is 27.7 Å². The van der Waals surface area contributed by atoms with E-state index in [4.69, 9.17) is 0 Å². The molecule has 0 bridgehead atoms. The molecular formula is C9H12F4N4. The molecule has 96 valence electrons. The summed E-state index contributed by atoms with van der Waals surface area (Å²) in [6, 6.07) is -0.210. The van der Waals surface area contributed by atoms with E-state index in [1.165, 1.54) is 0 Å². The maximum Gasteiger partial charge on any atom is 0.365 e. The van der Waals surface area contributed by atoms with Gasteiger partial charge in [0.05, 0.1) is 6.04 Å². The second-order valence-electron chi connectivity index (χ2n) is 3.87. The Morgan fingerprint density at radius 3 is 2.76 bits per heavy atom. The second kappa shape index (κ2) is 4.25. The van der Waals surface area contributed by atoms with Crippen molar-refractivity contribution in [3.8, 4) is 0 Å². The number of halogens is 4. The van der Waals surface area contributed by atoms with Gasteiger partial charge in [-0.05, 0) is 6.42 Å². The standard InChI is InChI=1S/C9H12F4N4/c1-2-5-6-15-16-8(9(12,13)7(10)11)17(6)4-3-14-5/h5,7,14H,2-4H2,1H3. The van der Waals surface area contributed by atoms with Crippen molar-refractivity contribution in [3.05, 3.63) is 11.6 Å². The minimum absolute atomic E-state index is 0.177. The predicted octanol–water partition coefficient (Wildman–Crippen LogP) is 1.69. The zero-order chi connectivity index (χ0) is 12.6. The van der Waals surface area contributed by atoms with E-state index >= 15 is 0 Å². The number of rotatable bonds is 3. The maximum atomic E-state index is 13.2. The van der Waals surface area contributed by atoms with E-state index in [-0.39, 0.29) is 12.6 Å². The monoisotopic (exact) mass is 252 g/mol. The molecule has 17 heavy (non-hydrogen) atoms. The predicted molar refractivity (Wildman–Crippen MR) is 51.0 cm³/mol. The van der Waals surface area contributed by atoms with Gasteiger partial charge in [-0.15, -0.1) is 10.2 Å². The summed E-state index contributed by atoms with van der Waals surface area (Å²) in [5.74, 6) is -4.89. The number of nitrogens with zero attached hydrogens (tertiary/aromatic N) is 3. The molecule has 8 heteroatoms. The van der Waals surface area contributed by atoms with Crippen LogP contribution >= 0.6 is 0 Å².